The Labute approximate surface area is 300 Å². The second kappa shape index (κ2) is 18.8. The summed E-state index contributed by atoms with van der Waals surface area (Å²) in [5.74, 6) is -0.0303. The van der Waals surface area contributed by atoms with Gasteiger partial charge in [-0.3, -0.25) is 9.59 Å². The van der Waals surface area contributed by atoms with Crippen molar-refractivity contribution >= 4 is 39.6 Å². The number of ketones is 2. The molecule has 2 N–H and O–H groups in total. The van der Waals surface area contributed by atoms with Crippen molar-refractivity contribution in [3.05, 3.63) is 206 Å². The zero-order valence-corrected chi connectivity index (χ0v) is 28.4. The molecular formula is C43H40BCoN2O2-. The van der Waals surface area contributed by atoms with Crippen LogP contribution in [-0.2, 0) is 26.4 Å². The molecule has 4 aromatic carbocycles. The van der Waals surface area contributed by atoms with E-state index in [1.165, 1.54) is 34.0 Å². The first-order chi connectivity index (χ1) is 23.6. The van der Waals surface area contributed by atoms with Crippen LogP contribution in [0.5, 0.6) is 0 Å². The van der Waals surface area contributed by atoms with Crippen LogP contribution < -0.4 is 32.5 Å². The number of carbonyl (C=O) groups excluding carboxylic acids is 2. The molecule has 2 aliphatic carbocycles. The van der Waals surface area contributed by atoms with Gasteiger partial charge in [-0.25, -0.2) is 0 Å². The van der Waals surface area contributed by atoms with Gasteiger partial charge in [0.2, 0.25) is 0 Å². The molecule has 4 aromatic rings. The zero-order chi connectivity index (χ0) is 33.4. The first kappa shape index (κ1) is 36.4. The molecule has 247 valence electrons. The van der Waals surface area contributed by atoms with Gasteiger partial charge >= 0.3 is 0 Å². The number of allylic oxidation sites excluding steroid dienone is 10. The van der Waals surface area contributed by atoms with Crippen LogP contribution in [0.4, 0.5) is 0 Å². The number of carbonyl (C=O) groups is 2. The number of hydrogen-bond donors (Lipinski definition) is 2. The van der Waals surface area contributed by atoms with Crippen LogP contribution in [0.3, 0.4) is 0 Å². The molecule has 1 radical (unpaired) electrons. The Hall–Kier alpha value is -5.43. The number of rotatable bonds is 11. The molecule has 0 saturated heterocycles. The van der Waals surface area contributed by atoms with Crippen LogP contribution >= 0.6 is 0 Å². The maximum absolute atomic E-state index is 11.7. The third-order valence-electron chi connectivity index (χ3n) is 8.58. The summed E-state index contributed by atoms with van der Waals surface area (Å²) in [5, 5.41) is 6.37. The molecule has 0 spiro atoms. The van der Waals surface area contributed by atoms with Gasteiger partial charge < -0.3 is 10.6 Å². The summed E-state index contributed by atoms with van der Waals surface area (Å²) in [7, 11) is 0. The average Bonchev–Trinajstić information content (AvgIpc) is 3.14. The van der Waals surface area contributed by atoms with E-state index in [2.05, 4.69) is 139 Å². The predicted molar refractivity (Wildman–Crippen MR) is 203 cm³/mol. The summed E-state index contributed by atoms with van der Waals surface area (Å²) < 4.78 is 0. The minimum absolute atomic E-state index is 0. The number of benzene rings is 4. The maximum Gasteiger partial charge on any atom is 0.187 e. The predicted octanol–water partition coefficient (Wildman–Crippen LogP) is 5.33. The Balaban J connectivity index is 0.000000217. The third-order valence-corrected chi connectivity index (χ3v) is 8.58. The molecule has 1 unspecified atom stereocenters. The number of nitrogens with one attached hydrogen (secondary N) is 2. The molecule has 0 fully saturated rings. The summed E-state index contributed by atoms with van der Waals surface area (Å²) in [6, 6.07) is 43.6. The molecule has 2 aliphatic rings. The summed E-state index contributed by atoms with van der Waals surface area (Å²) in [5.41, 5.74) is 6.60. The van der Waals surface area contributed by atoms with Gasteiger partial charge in [0.05, 0.1) is 0 Å². The van der Waals surface area contributed by atoms with Crippen molar-refractivity contribution in [3.63, 3.8) is 0 Å². The van der Waals surface area contributed by atoms with Crippen molar-refractivity contribution in [1.29, 1.82) is 0 Å². The summed E-state index contributed by atoms with van der Waals surface area (Å²) in [6.45, 7) is 4.36. The topological polar surface area (TPSA) is 58.2 Å². The molecule has 49 heavy (non-hydrogen) atoms. The summed E-state index contributed by atoms with van der Waals surface area (Å²) in [4.78, 5) is 23.3. The Bertz CT molecular complexity index is 1700. The van der Waals surface area contributed by atoms with Gasteiger partial charge in [0, 0.05) is 52.9 Å². The molecule has 6 rings (SSSR count). The molecule has 1 atom stereocenters. The van der Waals surface area contributed by atoms with Gasteiger partial charge in [-0.2, -0.15) is 21.9 Å². The Morgan fingerprint density at radius 2 is 0.918 bits per heavy atom. The molecular weight excluding hydrogens is 646 g/mol. The van der Waals surface area contributed by atoms with Gasteiger partial charge in [-0.1, -0.05) is 152 Å². The van der Waals surface area contributed by atoms with E-state index >= 15 is 0 Å². The largest absolute Gasteiger partial charge is 0.388 e. The van der Waals surface area contributed by atoms with E-state index < -0.39 is 6.15 Å². The Morgan fingerprint density at radius 3 is 1.29 bits per heavy atom. The molecule has 0 heterocycles. The Kier molecular flexibility index (Phi) is 14.0. The SMILES string of the molecule is C=CCC(CN/C=C1/C=CC=CC1=O)N/C=C1/C=CC=CC1=O.[Co].c1ccc([B-](c2ccccc2)(c2ccccc2)c2ccccc2)cc1. The minimum atomic E-state index is -1.22. The fourth-order valence-electron chi connectivity index (χ4n) is 6.25. The molecule has 6 heteroatoms. The molecule has 0 saturated carbocycles. The number of hydrogen-bond acceptors (Lipinski definition) is 4. The van der Waals surface area contributed by atoms with Crippen LogP contribution in [0.15, 0.2) is 206 Å². The Morgan fingerprint density at radius 1 is 0.551 bits per heavy atom. The van der Waals surface area contributed by atoms with E-state index in [4.69, 9.17) is 0 Å². The van der Waals surface area contributed by atoms with Crippen molar-refractivity contribution in [2.75, 3.05) is 6.54 Å². The van der Waals surface area contributed by atoms with E-state index in [-0.39, 0.29) is 34.4 Å². The van der Waals surface area contributed by atoms with E-state index in [1.54, 1.807) is 36.7 Å². The third kappa shape index (κ3) is 9.35. The van der Waals surface area contributed by atoms with E-state index in [0.717, 1.165) is 6.42 Å². The van der Waals surface area contributed by atoms with Gasteiger partial charge in [0.25, 0.3) is 0 Å². The van der Waals surface area contributed by atoms with Crippen molar-refractivity contribution in [2.24, 2.45) is 0 Å². The first-order valence-electron chi connectivity index (χ1n) is 16.3. The second-order valence-electron chi connectivity index (χ2n) is 11.7. The van der Waals surface area contributed by atoms with E-state index in [0.29, 0.717) is 17.7 Å². The van der Waals surface area contributed by atoms with Crippen molar-refractivity contribution in [1.82, 2.24) is 10.6 Å². The monoisotopic (exact) mass is 686 g/mol. The van der Waals surface area contributed by atoms with E-state index in [9.17, 15) is 9.59 Å². The molecule has 0 bridgehead atoms. The smallest absolute Gasteiger partial charge is 0.187 e. The van der Waals surface area contributed by atoms with Crippen LogP contribution in [0, 0.1) is 0 Å². The quantitative estimate of drug-likeness (QED) is 0.127. The van der Waals surface area contributed by atoms with Gasteiger partial charge in [0.1, 0.15) is 6.15 Å². The molecule has 0 amide bonds. The van der Waals surface area contributed by atoms with Gasteiger partial charge in [-0.05, 0) is 30.7 Å². The average molecular weight is 687 g/mol. The van der Waals surface area contributed by atoms with Crippen molar-refractivity contribution < 1.29 is 26.4 Å². The zero-order valence-electron chi connectivity index (χ0n) is 27.3. The molecule has 0 aliphatic heterocycles. The molecule has 4 nitrogen and oxygen atoms in total. The van der Waals surface area contributed by atoms with Crippen LogP contribution in [0.2, 0.25) is 0 Å². The van der Waals surface area contributed by atoms with Gasteiger partial charge in [-0.15, -0.1) is 6.58 Å². The van der Waals surface area contributed by atoms with Gasteiger partial charge in [0.15, 0.2) is 11.6 Å². The minimum Gasteiger partial charge on any atom is -0.388 e. The summed E-state index contributed by atoms with van der Waals surface area (Å²) in [6.07, 6.45) is 18.5. The fourth-order valence-corrected chi connectivity index (χ4v) is 6.25. The van der Waals surface area contributed by atoms with Crippen molar-refractivity contribution in [3.8, 4) is 0 Å². The molecule has 0 aromatic heterocycles. The fraction of sp³-hybridized carbons (Fsp3) is 0.0698. The van der Waals surface area contributed by atoms with Crippen LogP contribution in [0.1, 0.15) is 6.42 Å². The van der Waals surface area contributed by atoms with Crippen LogP contribution in [0.25, 0.3) is 0 Å². The second-order valence-corrected chi connectivity index (χ2v) is 11.7. The normalized spacial score (nSPS) is 15.6. The maximum atomic E-state index is 11.7. The first-order valence-corrected chi connectivity index (χ1v) is 16.3. The summed E-state index contributed by atoms with van der Waals surface area (Å²) >= 11 is 0. The van der Waals surface area contributed by atoms with Crippen LogP contribution in [-0.4, -0.2) is 30.3 Å². The van der Waals surface area contributed by atoms with Crippen molar-refractivity contribution in [2.45, 2.75) is 12.5 Å². The standard InChI is InChI=1S/C24H20B.C19H20N2O2.Co/c1-5-13-21(14-6-1)25(22-15-7-2-8-16-22,23-17-9-3-10-18-23)24-19-11-4-12-20-24;1-2-7-17(21-13-16-9-4-6-11-19(16)23)14-20-12-15-8-3-5-10-18(15)22;/h1-20H;2-6,8-13,17,20-21H,1,7,14H2;/q-1;;/b;15-12-,16-13-;. The van der Waals surface area contributed by atoms with E-state index in [1.807, 2.05) is 18.2 Å².